The minimum atomic E-state index is -0.920. The van der Waals surface area contributed by atoms with Crippen molar-refractivity contribution < 1.29 is 9.90 Å². The lowest BCUT2D eigenvalue weighted by molar-refractivity contribution is -0.132. The van der Waals surface area contributed by atoms with E-state index in [0.717, 1.165) is 10.9 Å². The van der Waals surface area contributed by atoms with Gasteiger partial charge in [-0.05, 0) is 17.5 Å². The van der Waals surface area contributed by atoms with Gasteiger partial charge in [0.1, 0.15) is 6.42 Å². The lowest BCUT2D eigenvalue weighted by atomic mass is 10.2. The van der Waals surface area contributed by atoms with Crippen LogP contribution in [0.4, 0.5) is 0 Å². The van der Waals surface area contributed by atoms with Gasteiger partial charge in [0, 0.05) is 18.3 Å². The molecule has 0 spiro atoms. The molecule has 0 amide bonds. The first kappa shape index (κ1) is 8.81. The van der Waals surface area contributed by atoms with Gasteiger partial charge < -0.3 is 9.67 Å². The molecule has 0 bridgehead atoms. The molecule has 14 heavy (non-hydrogen) atoms. The first-order valence-electron chi connectivity index (χ1n) is 4.30. The highest BCUT2D eigenvalue weighted by Gasteiger charge is 2.08. The number of aryl methyl sites for hydroxylation is 1. The summed E-state index contributed by atoms with van der Waals surface area (Å²) >= 11 is 0. The van der Waals surface area contributed by atoms with Crippen molar-refractivity contribution >= 4 is 16.9 Å². The monoisotopic (exact) mass is 188 g/mol. The summed E-state index contributed by atoms with van der Waals surface area (Å²) in [6, 6.07) is 9.67. The molecule has 0 saturated heterocycles. The van der Waals surface area contributed by atoms with Crippen LogP contribution in [-0.2, 0) is 11.8 Å². The number of nitrogens with zero attached hydrogens (tertiary/aromatic N) is 1. The third-order valence-corrected chi connectivity index (χ3v) is 2.26. The van der Waals surface area contributed by atoms with Crippen LogP contribution in [0.15, 0.2) is 30.3 Å². The van der Waals surface area contributed by atoms with E-state index in [4.69, 9.17) is 5.11 Å². The summed E-state index contributed by atoms with van der Waals surface area (Å²) in [7, 11) is 1.86. The lowest BCUT2D eigenvalue weighted by Gasteiger charge is -1.99. The van der Waals surface area contributed by atoms with Crippen LogP contribution in [0.5, 0.6) is 0 Å². The maximum absolute atomic E-state index is 10.5. The molecule has 0 saturated carbocycles. The lowest BCUT2D eigenvalue weighted by Crippen LogP contribution is -2.02. The van der Waals surface area contributed by atoms with E-state index in [-0.39, 0.29) is 0 Å². The molecule has 71 valence electrons. The number of hydrogen-bond donors (Lipinski definition) is 1. The molecule has 3 heteroatoms. The summed E-state index contributed by atoms with van der Waals surface area (Å²) in [6.45, 7) is 0. The highest BCUT2D eigenvalue weighted by molar-refractivity contribution is 5.87. The largest absolute Gasteiger partial charge is 0.481 e. The summed E-state index contributed by atoms with van der Waals surface area (Å²) in [5, 5.41) is 9.71. The number of rotatable bonds is 2. The molecule has 1 radical (unpaired) electrons. The van der Waals surface area contributed by atoms with E-state index >= 15 is 0 Å². The Labute approximate surface area is 81.6 Å². The van der Waals surface area contributed by atoms with Gasteiger partial charge in [-0.1, -0.05) is 18.2 Å². The van der Waals surface area contributed by atoms with Gasteiger partial charge in [0.05, 0.1) is 0 Å². The van der Waals surface area contributed by atoms with E-state index in [2.05, 4.69) is 0 Å². The zero-order chi connectivity index (χ0) is 10.1. The van der Waals surface area contributed by atoms with Gasteiger partial charge in [-0.3, -0.25) is 4.79 Å². The Morgan fingerprint density at radius 3 is 2.79 bits per heavy atom. The number of carboxylic acid groups (broad SMARTS) is 1. The molecule has 0 aliphatic carbocycles. The minimum absolute atomic E-state index is 0.707. The topological polar surface area (TPSA) is 42.2 Å². The van der Waals surface area contributed by atoms with Crippen molar-refractivity contribution in [3.63, 3.8) is 0 Å². The second-order valence-corrected chi connectivity index (χ2v) is 3.17. The van der Waals surface area contributed by atoms with Crippen molar-refractivity contribution in [2.75, 3.05) is 0 Å². The Balaban J connectivity index is 2.57. The molecule has 0 aliphatic rings. The highest BCUT2D eigenvalue weighted by Crippen LogP contribution is 2.19. The quantitative estimate of drug-likeness (QED) is 0.781. The average molecular weight is 188 g/mol. The van der Waals surface area contributed by atoms with E-state index in [1.54, 1.807) is 0 Å². The highest BCUT2D eigenvalue weighted by atomic mass is 16.4. The molecular formula is C11H10NO2. The van der Waals surface area contributed by atoms with Gasteiger partial charge in [-0.15, -0.1) is 0 Å². The number of aliphatic carboxylic acids is 1. The molecule has 3 nitrogen and oxygen atoms in total. The fraction of sp³-hybridized carbons (Fsp3) is 0.0909. The fourth-order valence-electron chi connectivity index (χ4n) is 1.58. The Morgan fingerprint density at radius 2 is 2.14 bits per heavy atom. The molecule has 1 aromatic carbocycles. The first-order valence-corrected chi connectivity index (χ1v) is 4.30. The van der Waals surface area contributed by atoms with Crippen LogP contribution in [-0.4, -0.2) is 15.6 Å². The maximum Gasteiger partial charge on any atom is 0.313 e. The number of carboxylic acids is 1. The second kappa shape index (κ2) is 3.18. The van der Waals surface area contributed by atoms with Crippen LogP contribution >= 0.6 is 0 Å². The maximum atomic E-state index is 10.5. The third-order valence-electron chi connectivity index (χ3n) is 2.26. The number of benzene rings is 1. The number of hydrogen-bond acceptors (Lipinski definition) is 1. The fourth-order valence-corrected chi connectivity index (χ4v) is 1.58. The zero-order valence-electron chi connectivity index (χ0n) is 7.77. The molecule has 2 rings (SSSR count). The van der Waals surface area contributed by atoms with Crippen molar-refractivity contribution in [2.24, 2.45) is 7.05 Å². The standard InChI is InChI=1S/C11H10NO2/c1-12-9(7-11(13)14)6-8-4-2-3-5-10(8)12/h2-7H,1H3,(H,13,14). The first-order chi connectivity index (χ1) is 6.68. The minimum Gasteiger partial charge on any atom is -0.481 e. The van der Waals surface area contributed by atoms with E-state index in [0.29, 0.717) is 5.69 Å². The van der Waals surface area contributed by atoms with E-state index < -0.39 is 5.97 Å². The number of para-hydroxylation sites is 1. The summed E-state index contributed by atoms with van der Waals surface area (Å²) < 4.78 is 1.86. The normalized spacial score (nSPS) is 10.6. The predicted molar refractivity (Wildman–Crippen MR) is 54.0 cm³/mol. The average Bonchev–Trinajstić information content (AvgIpc) is 2.44. The Kier molecular flexibility index (Phi) is 2.00. The van der Waals surface area contributed by atoms with Crippen molar-refractivity contribution in [1.29, 1.82) is 0 Å². The van der Waals surface area contributed by atoms with E-state index in [1.165, 1.54) is 6.42 Å². The van der Waals surface area contributed by atoms with Crippen molar-refractivity contribution in [2.45, 2.75) is 0 Å². The molecular weight excluding hydrogens is 178 g/mol. The van der Waals surface area contributed by atoms with Gasteiger partial charge in [-0.2, -0.15) is 0 Å². The molecule has 1 aromatic heterocycles. The third kappa shape index (κ3) is 1.37. The summed E-state index contributed by atoms with van der Waals surface area (Å²) in [6.07, 6.45) is 1.21. The zero-order valence-corrected chi connectivity index (χ0v) is 7.77. The second-order valence-electron chi connectivity index (χ2n) is 3.17. The molecule has 0 unspecified atom stereocenters. The number of fused-ring (bicyclic) bond motifs is 1. The molecule has 2 aromatic rings. The van der Waals surface area contributed by atoms with E-state index in [1.807, 2.05) is 41.9 Å². The Hall–Kier alpha value is -1.77. The van der Waals surface area contributed by atoms with Gasteiger partial charge in [-0.25, -0.2) is 0 Å². The van der Waals surface area contributed by atoms with Crippen molar-refractivity contribution in [3.05, 3.63) is 42.4 Å². The van der Waals surface area contributed by atoms with Crippen LogP contribution in [0.2, 0.25) is 0 Å². The number of aromatic nitrogens is 1. The summed E-state index contributed by atoms with van der Waals surface area (Å²) in [5.74, 6) is -0.920. The Bertz CT molecular complexity index is 485. The summed E-state index contributed by atoms with van der Waals surface area (Å²) in [4.78, 5) is 10.5. The van der Waals surface area contributed by atoms with Crippen molar-refractivity contribution in [3.8, 4) is 0 Å². The van der Waals surface area contributed by atoms with Gasteiger partial charge in [0.25, 0.3) is 0 Å². The van der Waals surface area contributed by atoms with Crippen LogP contribution in [0.1, 0.15) is 5.69 Å². The summed E-state index contributed by atoms with van der Waals surface area (Å²) in [5.41, 5.74) is 1.75. The Morgan fingerprint density at radius 1 is 1.43 bits per heavy atom. The molecule has 0 fully saturated rings. The van der Waals surface area contributed by atoms with Crippen LogP contribution < -0.4 is 0 Å². The molecule has 1 N–H and O–H groups in total. The van der Waals surface area contributed by atoms with Crippen LogP contribution in [0, 0.1) is 6.42 Å². The van der Waals surface area contributed by atoms with Gasteiger partial charge >= 0.3 is 5.97 Å². The van der Waals surface area contributed by atoms with Gasteiger partial charge in [0.2, 0.25) is 0 Å². The molecule has 0 atom stereocenters. The van der Waals surface area contributed by atoms with Crippen molar-refractivity contribution in [1.82, 2.24) is 4.57 Å². The molecule has 0 aliphatic heterocycles. The van der Waals surface area contributed by atoms with Crippen LogP contribution in [0.25, 0.3) is 10.9 Å². The predicted octanol–water partition coefficient (Wildman–Crippen LogP) is 1.82. The van der Waals surface area contributed by atoms with E-state index in [9.17, 15) is 4.79 Å². The number of carbonyl (C=O) groups is 1. The smallest absolute Gasteiger partial charge is 0.313 e. The SMILES string of the molecule is Cn1c([CH]C(=O)O)cc2ccccc21. The molecule has 1 heterocycles. The van der Waals surface area contributed by atoms with Gasteiger partial charge in [0.15, 0.2) is 0 Å². The van der Waals surface area contributed by atoms with Crippen LogP contribution in [0.3, 0.4) is 0 Å².